The maximum absolute atomic E-state index is 12.7. The van der Waals surface area contributed by atoms with Crippen LogP contribution < -0.4 is 10.3 Å². The number of carbonyl (C=O) groups is 1. The highest BCUT2D eigenvalue weighted by Crippen LogP contribution is 2.41. The monoisotopic (exact) mass is 425 g/mol. The first kappa shape index (κ1) is 19.2. The zero-order chi connectivity index (χ0) is 20.7. The summed E-state index contributed by atoms with van der Waals surface area (Å²) in [6, 6.07) is 13.4. The minimum absolute atomic E-state index is 0.112. The van der Waals surface area contributed by atoms with E-state index in [9.17, 15) is 14.7 Å². The minimum Gasteiger partial charge on any atom is -0.506 e. The van der Waals surface area contributed by atoms with Crippen LogP contribution in [0.5, 0.6) is 11.5 Å². The molecule has 5 nitrogen and oxygen atoms in total. The van der Waals surface area contributed by atoms with Crippen LogP contribution in [0.1, 0.15) is 21.5 Å². The number of aromatic hydroxyl groups is 1. The fourth-order valence-corrected chi connectivity index (χ4v) is 4.48. The summed E-state index contributed by atoms with van der Waals surface area (Å²) in [4.78, 5) is 28.5. The zero-order valence-electron chi connectivity index (χ0n) is 15.6. The van der Waals surface area contributed by atoms with Crippen molar-refractivity contribution in [2.45, 2.75) is 6.92 Å². The molecule has 29 heavy (non-hydrogen) atoms. The van der Waals surface area contributed by atoms with Gasteiger partial charge in [0.1, 0.15) is 16.3 Å². The molecule has 2 N–H and O–H groups in total. The van der Waals surface area contributed by atoms with E-state index in [0.717, 1.165) is 0 Å². The molecule has 0 aliphatic rings. The number of methoxy groups -OCH3 is 1. The molecule has 0 fully saturated rings. The molecular weight excluding hydrogens is 410 g/mol. The fraction of sp³-hybridized carbons (Fsp3) is 0.0909. The van der Waals surface area contributed by atoms with Crippen LogP contribution in [0.3, 0.4) is 0 Å². The van der Waals surface area contributed by atoms with E-state index in [1.54, 1.807) is 62.6 Å². The topological polar surface area (TPSA) is 79.4 Å². The van der Waals surface area contributed by atoms with Gasteiger partial charge in [-0.15, -0.1) is 11.3 Å². The fourth-order valence-electron chi connectivity index (χ4n) is 3.22. The molecule has 2 aromatic carbocycles. The van der Waals surface area contributed by atoms with Gasteiger partial charge in [0.15, 0.2) is 5.78 Å². The van der Waals surface area contributed by atoms with E-state index in [2.05, 4.69) is 4.98 Å². The van der Waals surface area contributed by atoms with Gasteiger partial charge in [0, 0.05) is 11.1 Å². The second-order valence-corrected chi connectivity index (χ2v) is 8.14. The molecule has 2 heterocycles. The smallest absolute Gasteiger partial charge is 0.260 e. The molecule has 0 amide bonds. The molecule has 0 radical (unpaired) electrons. The molecule has 0 atom stereocenters. The number of hydrogen-bond acceptors (Lipinski definition) is 5. The number of ketones is 1. The van der Waals surface area contributed by atoms with Crippen molar-refractivity contribution in [1.82, 2.24) is 4.98 Å². The number of hydrogen-bond donors (Lipinski definition) is 2. The summed E-state index contributed by atoms with van der Waals surface area (Å²) >= 11 is 7.36. The molecule has 0 spiro atoms. The Balaban J connectivity index is 1.73. The minimum atomic E-state index is -0.415. The van der Waals surface area contributed by atoms with Crippen LogP contribution in [-0.2, 0) is 0 Å². The second kappa shape index (κ2) is 7.39. The Bertz CT molecular complexity index is 1290. The van der Waals surface area contributed by atoms with E-state index < -0.39 is 5.56 Å². The molecule has 0 unspecified atom stereocenters. The average Bonchev–Trinajstić information content (AvgIpc) is 3.01. The second-order valence-electron chi connectivity index (χ2n) is 6.52. The zero-order valence-corrected chi connectivity index (χ0v) is 17.1. The summed E-state index contributed by atoms with van der Waals surface area (Å²) in [6.45, 7) is 1.79. The number of aromatic amines is 1. The lowest BCUT2D eigenvalue weighted by Gasteiger charge is -2.08. The van der Waals surface area contributed by atoms with Crippen molar-refractivity contribution in [3.63, 3.8) is 0 Å². The van der Waals surface area contributed by atoms with Gasteiger partial charge in [-0.25, -0.2) is 0 Å². The highest BCUT2D eigenvalue weighted by molar-refractivity contribution is 7.22. The molecule has 0 aliphatic carbocycles. The number of halogens is 1. The first-order chi connectivity index (χ1) is 13.9. The Morgan fingerprint density at radius 1 is 1.07 bits per heavy atom. The Morgan fingerprint density at radius 2 is 1.66 bits per heavy atom. The quantitative estimate of drug-likeness (QED) is 0.442. The predicted octanol–water partition coefficient (Wildman–Crippen LogP) is 5.16. The van der Waals surface area contributed by atoms with Crippen molar-refractivity contribution in [2.24, 2.45) is 0 Å². The van der Waals surface area contributed by atoms with Gasteiger partial charge in [0.2, 0.25) is 0 Å². The Kier molecular flexibility index (Phi) is 4.90. The van der Waals surface area contributed by atoms with E-state index in [0.29, 0.717) is 42.6 Å². The van der Waals surface area contributed by atoms with Crippen molar-refractivity contribution in [3.05, 3.63) is 79.9 Å². The van der Waals surface area contributed by atoms with Crippen LogP contribution in [-0.4, -0.2) is 23.0 Å². The summed E-state index contributed by atoms with van der Waals surface area (Å²) < 4.78 is 5.62. The van der Waals surface area contributed by atoms with Crippen LogP contribution >= 0.6 is 22.9 Å². The first-order valence-electron chi connectivity index (χ1n) is 8.73. The van der Waals surface area contributed by atoms with Crippen LogP contribution in [0.25, 0.3) is 21.3 Å². The number of rotatable bonds is 4. The maximum atomic E-state index is 12.7. The van der Waals surface area contributed by atoms with Gasteiger partial charge in [-0.2, -0.15) is 0 Å². The van der Waals surface area contributed by atoms with Crippen LogP contribution in [0.4, 0.5) is 0 Å². The van der Waals surface area contributed by atoms with Gasteiger partial charge in [0.05, 0.1) is 22.4 Å². The van der Waals surface area contributed by atoms with Gasteiger partial charge in [-0.1, -0.05) is 35.9 Å². The molecule has 2 aromatic heterocycles. The van der Waals surface area contributed by atoms with Crippen molar-refractivity contribution in [3.8, 4) is 22.6 Å². The number of carbonyl (C=O) groups excluding carboxylic acids is 1. The number of pyridine rings is 1. The van der Waals surface area contributed by atoms with Crippen LogP contribution in [0.15, 0.2) is 53.3 Å². The third-order valence-corrected chi connectivity index (χ3v) is 6.31. The van der Waals surface area contributed by atoms with Crippen LogP contribution in [0, 0.1) is 6.92 Å². The Morgan fingerprint density at radius 3 is 2.24 bits per heavy atom. The lowest BCUT2D eigenvalue weighted by Crippen LogP contribution is -2.09. The Hall–Kier alpha value is -3.09. The van der Waals surface area contributed by atoms with Crippen LogP contribution in [0.2, 0.25) is 4.34 Å². The molecule has 146 valence electrons. The van der Waals surface area contributed by atoms with Crippen molar-refractivity contribution in [2.75, 3.05) is 7.11 Å². The summed E-state index contributed by atoms with van der Waals surface area (Å²) in [5.74, 6) is 0.415. The van der Waals surface area contributed by atoms with Gasteiger partial charge >= 0.3 is 0 Å². The third kappa shape index (κ3) is 3.30. The highest BCUT2D eigenvalue weighted by Gasteiger charge is 2.19. The third-order valence-electron chi connectivity index (χ3n) is 4.80. The number of nitrogens with one attached hydrogen (secondary N) is 1. The molecule has 7 heteroatoms. The summed E-state index contributed by atoms with van der Waals surface area (Å²) in [7, 11) is 1.57. The van der Waals surface area contributed by atoms with Crippen molar-refractivity contribution in [1.29, 1.82) is 0 Å². The number of aryl methyl sites for hydroxylation is 1. The van der Waals surface area contributed by atoms with Gasteiger partial charge in [-0.05, 0) is 42.3 Å². The van der Waals surface area contributed by atoms with E-state index in [-0.39, 0.29) is 17.1 Å². The lowest BCUT2D eigenvalue weighted by atomic mass is 9.99. The number of benzene rings is 2. The molecule has 0 aliphatic heterocycles. The number of fused-ring (bicyclic) bond motifs is 1. The molecule has 0 saturated heterocycles. The maximum Gasteiger partial charge on any atom is 0.260 e. The van der Waals surface area contributed by atoms with Gasteiger partial charge in [-0.3, -0.25) is 9.59 Å². The summed E-state index contributed by atoms with van der Waals surface area (Å²) in [5, 5.41) is 11.3. The van der Waals surface area contributed by atoms with Gasteiger partial charge in [0.25, 0.3) is 5.56 Å². The summed E-state index contributed by atoms with van der Waals surface area (Å²) in [6.07, 6.45) is 0. The average molecular weight is 426 g/mol. The number of H-pyrrole nitrogens is 1. The number of aromatic nitrogens is 1. The number of ether oxygens (including phenoxy) is 1. The predicted molar refractivity (Wildman–Crippen MR) is 116 cm³/mol. The molecule has 0 bridgehead atoms. The van der Waals surface area contributed by atoms with Crippen molar-refractivity contribution >= 4 is 38.9 Å². The normalized spacial score (nSPS) is 11.0. The standard InChI is InChI=1S/C22H16ClNO4S/c1-11-16-19(26)17(21(27)24-22(16)29-20(11)23)12-3-5-13(6-4-12)18(25)14-7-9-15(28-2)10-8-14/h3-10H,1-2H3,(H2,24,26,27). The van der Waals surface area contributed by atoms with E-state index in [1.165, 1.54) is 11.3 Å². The van der Waals surface area contributed by atoms with Gasteiger partial charge < -0.3 is 14.8 Å². The van der Waals surface area contributed by atoms with E-state index in [1.807, 2.05) is 0 Å². The Labute approximate surface area is 175 Å². The van der Waals surface area contributed by atoms with E-state index in [4.69, 9.17) is 16.3 Å². The number of thiophene rings is 1. The lowest BCUT2D eigenvalue weighted by molar-refractivity contribution is 0.103. The largest absolute Gasteiger partial charge is 0.506 e. The molecule has 4 rings (SSSR count). The molecular formula is C22H16ClNO4S. The SMILES string of the molecule is COc1ccc(C(=O)c2ccc(-c3c(O)c4c(C)c(Cl)sc4[nH]c3=O)cc2)cc1. The molecule has 4 aromatic rings. The molecule has 0 saturated carbocycles. The van der Waals surface area contributed by atoms with Crippen molar-refractivity contribution < 1.29 is 14.6 Å². The van der Waals surface area contributed by atoms with E-state index >= 15 is 0 Å². The first-order valence-corrected chi connectivity index (χ1v) is 9.93. The summed E-state index contributed by atoms with van der Waals surface area (Å²) in [5.41, 5.74) is 1.97. The highest BCUT2D eigenvalue weighted by atomic mass is 35.5.